The number of hydroxylamine groups is 2. The number of fused-ring (bicyclic) bond motifs is 4. The Balaban J connectivity index is 1.61. The number of aromatic nitrogens is 2. The zero-order valence-electron chi connectivity index (χ0n) is 13.4. The molecule has 0 spiro atoms. The molecule has 0 aromatic carbocycles. The lowest BCUT2D eigenvalue weighted by molar-refractivity contribution is -0.0586. The zero-order valence-corrected chi connectivity index (χ0v) is 13.4. The second-order valence-corrected chi connectivity index (χ2v) is 6.72. The molecule has 1 saturated heterocycles. The highest BCUT2D eigenvalue weighted by Gasteiger charge is 2.44. The van der Waals surface area contributed by atoms with E-state index in [9.17, 15) is 14.8 Å². The summed E-state index contributed by atoms with van der Waals surface area (Å²) in [5.41, 5.74) is 1.20. The van der Waals surface area contributed by atoms with Gasteiger partial charge in [0, 0.05) is 12.1 Å². The van der Waals surface area contributed by atoms with Gasteiger partial charge in [0.2, 0.25) is 0 Å². The first-order valence-electron chi connectivity index (χ1n) is 7.55. The van der Waals surface area contributed by atoms with Gasteiger partial charge >= 0.3 is 12.1 Å². The monoisotopic (exact) mass is 323 g/mol. The van der Waals surface area contributed by atoms with Crippen LogP contribution in [0.15, 0.2) is 6.20 Å². The van der Waals surface area contributed by atoms with Crippen molar-refractivity contribution in [3.05, 3.63) is 17.5 Å². The number of alkyl carbamates (subject to hydrolysis) is 1. The first-order valence-corrected chi connectivity index (χ1v) is 7.55. The van der Waals surface area contributed by atoms with Crippen molar-refractivity contribution in [2.75, 3.05) is 13.1 Å². The van der Waals surface area contributed by atoms with Crippen LogP contribution in [-0.2, 0) is 17.8 Å². The van der Waals surface area contributed by atoms with E-state index in [0.717, 1.165) is 16.3 Å². The van der Waals surface area contributed by atoms with Crippen LogP contribution in [0.3, 0.4) is 0 Å². The van der Waals surface area contributed by atoms with Crippen molar-refractivity contribution in [2.24, 2.45) is 0 Å². The fourth-order valence-corrected chi connectivity index (χ4v) is 2.83. The minimum absolute atomic E-state index is 0.362. The molecule has 0 saturated carbocycles. The number of rotatable bonds is 3. The maximum atomic E-state index is 11.8. The fraction of sp³-hybridized carbons (Fsp3) is 0.643. The lowest BCUT2D eigenvalue weighted by Gasteiger charge is -2.22. The van der Waals surface area contributed by atoms with E-state index in [2.05, 4.69) is 10.4 Å². The predicted octanol–water partition coefficient (Wildman–Crippen LogP) is 1.09. The maximum Gasteiger partial charge on any atom is 0.407 e. The summed E-state index contributed by atoms with van der Waals surface area (Å²) < 4.78 is 6.92. The van der Waals surface area contributed by atoms with Crippen LogP contribution in [0.5, 0.6) is 0 Å². The molecule has 23 heavy (non-hydrogen) atoms. The molecule has 0 aliphatic carbocycles. The van der Waals surface area contributed by atoms with Crippen LogP contribution in [0.1, 0.15) is 38.1 Å². The van der Waals surface area contributed by atoms with Crippen LogP contribution in [-0.4, -0.2) is 55.8 Å². The normalized spacial score (nSPS) is 19.8. The molecule has 2 aliphatic rings. The molecule has 126 valence electrons. The second kappa shape index (κ2) is 5.41. The third kappa shape index (κ3) is 2.96. The first-order chi connectivity index (χ1) is 10.8. The summed E-state index contributed by atoms with van der Waals surface area (Å²) in [6, 6.07) is -0.747. The zero-order chi connectivity index (χ0) is 16.8. The third-order valence-electron chi connectivity index (χ3n) is 3.83. The standard InChI is InChI=1S/C14H21N5O4/c1-14(2,3)23-12(20)15-4-5-18-10-7-17-8-11(9(10)6-16-18)19(22)13(17)21/h6,11,22H,4-5,7-8H2,1-3H3,(H,15,20). The molecule has 2 aliphatic heterocycles. The Labute approximate surface area is 133 Å². The van der Waals surface area contributed by atoms with E-state index in [1.807, 2.05) is 0 Å². The quantitative estimate of drug-likeness (QED) is 0.811. The molecule has 3 amide bonds. The van der Waals surface area contributed by atoms with Gasteiger partial charge in [-0.15, -0.1) is 0 Å². The number of hydrogen-bond acceptors (Lipinski definition) is 5. The van der Waals surface area contributed by atoms with Crippen molar-refractivity contribution >= 4 is 12.1 Å². The van der Waals surface area contributed by atoms with E-state index in [0.29, 0.717) is 26.2 Å². The van der Waals surface area contributed by atoms with E-state index in [4.69, 9.17) is 4.74 Å². The number of carbonyl (C=O) groups excluding carboxylic acids is 2. The minimum atomic E-state index is -0.535. The summed E-state index contributed by atoms with van der Waals surface area (Å²) in [6.45, 7) is 7.13. The Morgan fingerprint density at radius 2 is 2.26 bits per heavy atom. The van der Waals surface area contributed by atoms with Gasteiger partial charge < -0.3 is 15.0 Å². The van der Waals surface area contributed by atoms with Crippen LogP contribution >= 0.6 is 0 Å². The van der Waals surface area contributed by atoms with Crippen LogP contribution in [0.2, 0.25) is 0 Å². The topological polar surface area (TPSA) is 99.9 Å². The molecule has 1 unspecified atom stereocenters. The Morgan fingerprint density at radius 1 is 1.52 bits per heavy atom. The van der Waals surface area contributed by atoms with Gasteiger partial charge in [0.05, 0.1) is 31.5 Å². The fourth-order valence-electron chi connectivity index (χ4n) is 2.83. The molecule has 9 heteroatoms. The molecule has 1 fully saturated rings. The van der Waals surface area contributed by atoms with Gasteiger partial charge in [0.1, 0.15) is 11.6 Å². The van der Waals surface area contributed by atoms with Crippen LogP contribution < -0.4 is 5.32 Å². The number of hydrogen-bond donors (Lipinski definition) is 2. The Morgan fingerprint density at radius 3 is 2.96 bits per heavy atom. The van der Waals surface area contributed by atoms with Gasteiger partial charge in [0.15, 0.2) is 0 Å². The molecule has 0 radical (unpaired) electrons. The summed E-state index contributed by atoms with van der Waals surface area (Å²) in [7, 11) is 0. The Kier molecular flexibility index (Phi) is 3.67. The Bertz CT molecular complexity index is 636. The summed E-state index contributed by atoms with van der Waals surface area (Å²) in [5.74, 6) is 0. The van der Waals surface area contributed by atoms with E-state index < -0.39 is 11.7 Å². The molecule has 1 aromatic rings. The number of nitrogens with one attached hydrogen (secondary N) is 1. The SMILES string of the molecule is CC(C)(C)OC(=O)NCCn1ncc2c1CN1CC2N(O)C1=O. The number of urea groups is 1. The average molecular weight is 323 g/mol. The highest BCUT2D eigenvalue weighted by Crippen LogP contribution is 2.36. The summed E-state index contributed by atoms with van der Waals surface area (Å²) in [4.78, 5) is 25.0. The van der Waals surface area contributed by atoms with Crippen molar-refractivity contribution in [3.8, 4) is 0 Å². The molecular weight excluding hydrogens is 302 g/mol. The highest BCUT2D eigenvalue weighted by molar-refractivity contribution is 5.77. The lowest BCUT2D eigenvalue weighted by Crippen LogP contribution is -2.35. The molecule has 3 heterocycles. The summed E-state index contributed by atoms with van der Waals surface area (Å²) in [5, 5.41) is 17.5. The molecule has 2 N–H and O–H groups in total. The Hall–Kier alpha value is -2.29. The van der Waals surface area contributed by atoms with E-state index in [1.165, 1.54) is 0 Å². The van der Waals surface area contributed by atoms with E-state index in [-0.39, 0.29) is 12.1 Å². The first kappa shape index (κ1) is 15.6. The third-order valence-corrected chi connectivity index (χ3v) is 3.83. The maximum absolute atomic E-state index is 11.8. The molecule has 1 atom stereocenters. The molecule has 1 aromatic heterocycles. The smallest absolute Gasteiger partial charge is 0.407 e. The summed E-state index contributed by atoms with van der Waals surface area (Å²) in [6.07, 6.45) is 1.20. The van der Waals surface area contributed by atoms with Gasteiger partial charge in [-0.3, -0.25) is 9.89 Å². The number of nitrogens with zero attached hydrogens (tertiary/aromatic N) is 4. The second-order valence-electron chi connectivity index (χ2n) is 6.72. The number of carbonyl (C=O) groups is 2. The van der Waals surface area contributed by atoms with Crippen LogP contribution in [0.4, 0.5) is 9.59 Å². The molecule has 2 bridgehead atoms. The van der Waals surface area contributed by atoms with E-state index >= 15 is 0 Å². The number of ether oxygens (including phenoxy) is 1. The van der Waals surface area contributed by atoms with Gasteiger partial charge in [-0.05, 0) is 20.8 Å². The summed E-state index contributed by atoms with van der Waals surface area (Å²) >= 11 is 0. The predicted molar refractivity (Wildman–Crippen MR) is 78.6 cm³/mol. The van der Waals surface area contributed by atoms with E-state index in [1.54, 1.807) is 36.5 Å². The van der Waals surface area contributed by atoms with Gasteiger partial charge in [-0.2, -0.15) is 10.2 Å². The average Bonchev–Trinajstić information content (AvgIpc) is 2.94. The van der Waals surface area contributed by atoms with Crippen molar-refractivity contribution in [1.82, 2.24) is 25.1 Å². The largest absolute Gasteiger partial charge is 0.444 e. The van der Waals surface area contributed by atoms with Gasteiger partial charge in [-0.1, -0.05) is 0 Å². The van der Waals surface area contributed by atoms with Crippen molar-refractivity contribution in [3.63, 3.8) is 0 Å². The van der Waals surface area contributed by atoms with Crippen LogP contribution in [0.25, 0.3) is 0 Å². The minimum Gasteiger partial charge on any atom is -0.444 e. The van der Waals surface area contributed by atoms with Gasteiger partial charge in [-0.25, -0.2) is 9.59 Å². The van der Waals surface area contributed by atoms with Crippen LogP contribution in [0, 0.1) is 0 Å². The molecule has 9 nitrogen and oxygen atoms in total. The van der Waals surface area contributed by atoms with Crippen molar-refractivity contribution in [1.29, 1.82) is 0 Å². The highest BCUT2D eigenvalue weighted by atomic mass is 16.6. The van der Waals surface area contributed by atoms with Crippen molar-refractivity contribution in [2.45, 2.75) is 45.5 Å². The van der Waals surface area contributed by atoms with Gasteiger partial charge in [0.25, 0.3) is 0 Å². The number of amides is 3. The van der Waals surface area contributed by atoms with Crippen molar-refractivity contribution < 1.29 is 19.5 Å². The lowest BCUT2D eigenvalue weighted by atomic mass is 10.1. The molecular formula is C14H21N5O4. The molecule has 3 rings (SSSR count).